The Morgan fingerprint density at radius 3 is 2.04 bits per heavy atom. The summed E-state index contributed by atoms with van der Waals surface area (Å²) in [4.78, 5) is 10.4. The van der Waals surface area contributed by atoms with Crippen LogP contribution in [0.15, 0.2) is 146 Å². The zero-order chi connectivity index (χ0) is 34.9. The molecule has 0 fully saturated rings. The lowest BCUT2D eigenvalue weighted by molar-refractivity contribution is 0.477. The molecule has 0 unspecified atom stereocenters. The van der Waals surface area contributed by atoms with Crippen molar-refractivity contribution in [1.82, 2.24) is 14.4 Å². The van der Waals surface area contributed by atoms with E-state index in [0.29, 0.717) is 0 Å². The zero-order valence-corrected chi connectivity index (χ0v) is 29.1. The van der Waals surface area contributed by atoms with Crippen LogP contribution in [0.25, 0.3) is 72.9 Å². The van der Waals surface area contributed by atoms with Gasteiger partial charge in [0.25, 0.3) is 0 Å². The molecule has 0 aliphatic heterocycles. The van der Waals surface area contributed by atoms with Crippen molar-refractivity contribution >= 4 is 5.65 Å². The SMILES string of the molecule is Cc1cccc(C)c1-c1cc(-c2cccc(-c3nc4ccccn4c3-c3ccccc3)c2)nc(-c2cc3c(cc2O)-c2ccccc2C3(C)C)c1. The van der Waals surface area contributed by atoms with Crippen LogP contribution in [0.3, 0.4) is 0 Å². The lowest BCUT2D eigenvalue weighted by Crippen LogP contribution is -2.15. The van der Waals surface area contributed by atoms with Gasteiger partial charge in [0, 0.05) is 33.9 Å². The number of aromatic nitrogens is 3. The molecule has 0 bridgehead atoms. The molecule has 1 aliphatic rings. The van der Waals surface area contributed by atoms with E-state index in [9.17, 15) is 5.11 Å². The number of nitrogens with zero attached hydrogens (tertiary/aromatic N) is 3. The standard InChI is InChI=1S/C47H37N3O/c1-29-14-12-15-30(2)44(29)34-25-40(48-41(26-34)37-27-39-36(28-42(37)51)35-20-8-9-21-38(35)47(39,3)4)32-18-13-19-33(24-32)45-46(31-16-6-5-7-17-31)50-23-11-10-22-43(50)49-45/h5-28,51H,1-4H3. The van der Waals surface area contributed by atoms with Gasteiger partial charge in [0.2, 0.25) is 0 Å². The average Bonchev–Trinajstić information content (AvgIpc) is 3.64. The van der Waals surface area contributed by atoms with E-state index in [2.05, 4.69) is 147 Å². The van der Waals surface area contributed by atoms with Crippen LogP contribution in [-0.2, 0) is 5.41 Å². The van der Waals surface area contributed by atoms with Gasteiger partial charge in [0.15, 0.2) is 0 Å². The quantitative estimate of drug-likeness (QED) is 0.200. The smallest absolute Gasteiger partial charge is 0.137 e. The number of benzene rings is 5. The highest BCUT2D eigenvalue weighted by Crippen LogP contribution is 2.51. The van der Waals surface area contributed by atoms with E-state index in [4.69, 9.17) is 9.97 Å². The van der Waals surface area contributed by atoms with E-state index < -0.39 is 0 Å². The van der Waals surface area contributed by atoms with E-state index >= 15 is 0 Å². The van der Waals surface area contributed by atoms with Crippen molar-refractivity contribution in [2.75, 3.05) is 0 Å². The van der Waals surface area contributed by atoms with E-state index in [1.54, 1.807) is 0 Å². The van der Waals surface area contributed by atoms with Crippen LogP contribution in [0.2, 0.25) is 0 Å². The molecule has 1 aliphatic carbocycles. The van der Waals surface area contributed by atoms with E-state index in [1.807, 2.05) is 30.3 Å². The topological polar surface area (TPSA) is 50.4 Å². The van der Waals surface area contributed by atoms with E-state index in [0.717, 1.165) is 61.8 Å². The minimum absolute atomic E-state index is 0.208. The van der Waals surface area contributed by atoms with E-state index in [-0.39, 0.29) is 11.2 Å². The van der Waals surface area contributed by atoms with Gasteiger partial charge in [-0.2, -0.15) is 0 Å². The lowest BCUT2D eigenvalue weighted by Gasteiger charge is -2.22. The molecule has 0 saturated heterocycles. The number of aromatic hydroxyl groups is 1. The molecule has 4 nitrogen and oxygen atoms in total. The summed E-state index contributed by atoms with van der Waals surface area (Å²) in [5.41, 5.74) is 17.4. The molecule has 9 rings (SSSR count). The number of aryl methyl sites for hydroxylation is 2. The Balaban J connectivity index is 1.25. The molecule has 3 aromatic heterocycles. The molecular weight excluding hydrogens is 623 g/mol. The fraction of sp³-hybridized carbons (Fsp3) is 0.106. The highest BCUT2D eigenvalue weighted by atomic mass is 16.3. The van der Waals surface area contributed by atoms with Crippen molar-refractivity contribution in [3.8, 4) is 73.0 Å². The zero-order valence-electron chi connectivity index (χ0n) is 29.1. The molecule has 51 heavy (non-hydrogen) atoms. The van der Waals surface area contributed by atoms with Crippen molar-refractivity contribution in [2.24, 2.45) is 0 Å². The van der Waals surface area contributed by atoms with Gasteiger partial charge in [-0.3, -0.25) is 4.40 Å². The van der Waals surface area contributed by atoms with Crippen LogP contribution < -0.4 is 0 Å². The highest BCUT2D eigenvalue weighted by molar-refractivity contribution is 5.89. The maximum Gasteiger partial charge on any atom is 0.137 e. The van der Waals surface area contributed by atoms with Crippen molar-refractivity contribution in [3.05, 3.63) is 168 Å². The molecule has 8 aromatic rings. The van der Waals surface area contributed by atoms with Crippen molar-refractivity contribution < 1.29 is 5.11 Å². The number of phenols is 1. The summed E-state index contributed by atoms with van der Waals surface area (Å²) in [5.74, 6) is 0.226. The summed E-state index contributed by atoms with van der Waals surface area (Å²) in [6, 6.07) is 48.4. The van der Waals surface area contributed by atoms with Crippen LogP contribution in [-0.4, -0.2) is 19.5 Å². The largest absolute Gasteiger partial charge is 0.507 e. The van der Waals surface area contributed by atoms with Gasteiger partial charge in [0.1, 0.15) is 11.4 Å². The van der Waals surface area contributed by atoms with E-state index in [1.165, 1.54) is 33.4 Å². The van der Waals surface area contributed by atoms with Crippen LogP contribution in [0.1, 0.15) is 36.1 Å². The molecule has 246 valence electrons. The predicted octanol–water partition coefficient (Wildman–Crippen LogP) is 11.7. The molecule has 5 aromatic carbocycles. The van der Waals surface area contributed by atoms with Crippen LogP contribution in [0.5, 0.6) is 5.75 Å². The Morgan fingerprint density at radius 2 is 1.22 bits per heavy atom. The first-order valence-electron chi connectivity index (χ1n) is 17.5. The molecule has 1 N–H and O–H groups in total. The summed E-state index contributed by atoms with van der Waals surface area (Å²) >= 11 is 0. The fourth-order valence-corrected chi connectivity index (χ4v) is 8.07. The Morgan fingerprint density at radius 1 is 0.529 bits per heavy atom. The molecule has 0 saturated carbocycles. The van der Waals surface area contributed by atoms with Crippen LogP contribution >= 0.6 is 0 Å². The molecule has 0 radical (unpaired) electrons. The monoisotopic (exact) mass is 659 g/mol. The fourth-order valence-electron chi connectivity index (χ4n) is 8.07. The summed E-state index contributed by atoms with van der Waals surface area (Å²) in [7, 11) is 0. The Labute approximate surface area is 298 Å². The second-order valence-corrected chi connectivity index (χ2v) is 14.2. The number of phenolic OH excluding ortho intramolecular Hbond substituents is 1. The third-order valence-electron chi connectivity index (χ3n) is 10.6. The van der Waals surface area contributed by atoms with Gasteiger partial charge in [-0.25, -0.2) is 9.97 Å². The molecule has 0 atom stereocenters. The third-order valence-corrected chi connectivity index (χ3v) is 10.6. The number of rotatable bonds is 5. The molecule has 4 heteroatoms. The van der Waals surface area contributed by atoms with Gasteiger partial charge < -0.3 is 5.11 Å². The van der Waals surface area contributed by atoms with Gasteiger partial charge >= 0.3 is 0 Å². The number of fused-ring (bicyclic) bond motifs is 4. The minimum Gasteiger partial charge on any atom is -0.507 e. The summed E-state index contributed by atoms with van der Waals surface area (Å²) in [6.07, 6.45) is 2.07. The number of hydrogen-bond acceptors (Lipinski definition) is 3. The second-order valence-electron chi connectivity index (χ2n) is 14.2. The van der Waals surface area contributed by atoms with Crippen molar-refractivity contribution in [3.63, 3.8) is 0 Å². The lowest BCUT2D eigenvalue weighted by atomic mass is 9.81. The summed E-state index contributed by atoms with van der Waals surface area (Å²) < 4.78 is 2.16. The Bertz CT molecular complexity index is 2630. The Kier molecular flexibility index (Phi) is 7.04. The Hall–Kier alpha value is -6.26. The first-order chi connectivity index (χ1) is 24.8. The molecule has 0 amide bonds. The van der Waals surface area contributed by atoms with Gasteiger partial charge in [-0.15, -0.1) is 0 Å². The minimum atomic E-state index is -0.208. The maximum absolute atomic E-state index is 11.7. The molecule has 0 spiro atoms. The first kappa shape index (κ1) is 30.8. The number of pyridine rings is 2. The predicted molar refractivity (Wildman–Crippen MR) is 209 cm³/mol. The summed E-state index contributed by atoms with van der Waals surface area (Å²) in [5, 5.41) is 11.7. The molecular formula is C47H37N3O. The number of imidazole rings is 1. The normalized spacial score (nSPS) is 12.9. The summed E-state index contributed by atoms with van der Waals surface area (Å²) in [6.45, 7) is 8.84. The van der Waals surface area contributed by atoms with Gasteiger partial charge in [-0.05, 0) is 101 Å². The number of hydrogen-bond donors (Lipinski definition) is 1. The third kappa shape index (κ3) is 4.98. The molecule has 3 heterocycles. The first-order valence-corrected chi connectivity index (χ1v) is 17.5. The van der Waals surface area contributed by atoms with Crippen LogP contribution in [0.4, 0.5) is 0 Å². The van der Waals surface area contributed by atoms with Gasteiger partial charge in [-0.1, -0.05) is 111 Å². The highest BCUT2D eigenvalue weighted by Gasteiger charge is 2.36. The second kappa shape index (κ2) is 11.7. The van der Waals surface area contributed by atoms with Crippen molar-refractivity contribution in [2.45, 2.75) is 33.1 Å². The maximum atomic E-state index is 11.7. The van der Waals surface area contributed by atoms with Crippen molar-refractivity contribution in [1.29, 1.82) is 0 Å². The van der Waals surface area contributed by atoms with Gasteiger partial charge in [0.05, 0.1) is 22.8 Å². The average molecular weight is 660 g/mol. The van der Waals surface area contributed by atoms with Crippen LogP contribution in [0, 0.1) is 13.8 Å².